The van der Waals surface area contributed by atoms with Crippen molar-refractivity contribution in [3.8, 4) is 0 Å². The van der Waals surface area contributed by atoms with Crippen molar-refractivity contribution in [1.29, 1.82) is 0 Å². The number of esters is 3. The fourth-order valence-corrected chi connectivity index (χ4v) is 9.09. The average Bonchev–Trinajstić information content (AvgIpc) is 3.41. The van der Waals surface area contributed by atoms with Gasteiger partial charge in [0.1, 0.15) is 13.2 Å². The molecule has 432 valence electrons. The molecule has 75 heavy (non-hydrogen) atoms. The van der Waals surface area contributed by atoms with Crippen molar-refractivity contribution in [2.75, 3.05) is 13.2 Å². The molecular weight excluding hydrogens is 925 g/mol. The summed E-state index contributed by atoms with van der Waals surface area (Å²) < 4.78 is 16.9. The molecule has 0 amide bonds. The zero-order chi connectivity index (χ0) is 54.3. The zero-order valence-electron chi connectivity index (χ0n) is 49.6. The van der Waals surface area contributed by atoms with Gasteiger partial charge >= 0.3 is 17.9 Å². The average molecular weight is 1050 g/mol. The normalized spacial score (nSPS) is 12.6. The van der Waals surface area contributed by atoms with Gasteiger partial charge in [-0.1, -0.05) is 286 Å². The molecule has 0 saturated heterocycles. The van der Waals surface area contributed by atoms with Crippen LogP contribution in [0.4, 0.5) is 0 Å². The van der Waals surface area contributed by atoms with Gasteiger partial charge in [0.05, 0.1) is 0 Å². The number of rotatable bonds is 58. The molecular formula is C69H120O6. The lowest BCUT2D eigenvalue weighted by molar-refractivity contribution is -0.167. The van der Waals surface area contributed by atoms with Crippen LogP contribution in [0, 0.1) is 0 Å². The van der Waals surface area contributed by atoms with E-state index < -0.39 is 6.10 Å². The molecule has 0 aliphatic heterocycles. The van der Waals surface area contributed by atoms with Crippen LogP contribution in [0.25, 0.3) is 0 Å². The van der Waals surface area contributed by atoms with Crippen molar-refractivity contribution in [2.45, 2.75) is 322 Å². The second kappa shape index (κ2) is 63.1. The molecule has 0 spiro atoms. The summed E-state index contributed by atoms with van der Waals surface area (Å²) in [6.07, 6.45) is 83.1. The Balaban J connectivity index is 4.23. The first-order valence-electron chi connectivity index (χ1n) is 32.1. The lowest BCUT2D eigenvalue weighted by atomic mass is 10.0. The highest BCUT2D eigenvalue weighted by Gasteiger charge is 2.19. The van der Waals surface area contributed by atoms with E-state index >= 15 is 0 Å². The highest BCUT2D eigenvalue weighted by molar-refractivity contribution is 5.71. The van der Waals surface area contributed by atoms with Crippen molar-refractivity contribution in [3.05, 3.63) is 85.1 Å². The molecule has 0 fully saturated rings. The van der Waals surface area contributed by atoms with E-state index in [-0.39, 0.29) is 31.1 Å². The van der Waals surface area contributed by atoms with Gasteiger partial charge in [0, 0.05) is 19.3 Å². The fraction of sp³-hybridized carbons (Fsp3) is 0.754. The van der Waals surface area contributed by atoms with E-state index in [1.54, 1.807) is 0 Å². The van der Waals surface area contributed by atoms with Crippen molar-refractivity contribution in [3.63, 3.8) is 0 Å². The molecule has 0 aromatic carbocycles. The third-order valence-corrected chi connectivity index (χ3v) is 13.9. The third-order valence-electron chi connectivity index (χ3n) is 13.9. The van der Waals surface area contributed by atoms with Gasteiger partial charge in [-0.25, -0.2) is 0 Å². The molecule has 0 aromatic rings. The number of hydrogen-bond donors (Lipinski definition) is 0. The van der Waals surface area contributed by atoms with Gasteiger partial charge in [0.25, 0.3) is 0 Å². The summed E-state index contributed by atoms with van der Waals surface area (Å²) in [6.45, 7) is 6.52. The second-order valence-corrected chi connectivity index (χ2v) is 21.3. The monoisotopic (exact) mass is 1040 g/mol. The summed E-state index contributed by atoms with van der Waals surface area (Å²) in [5, 5.41) is 0. The number of carbonyl (C=O) groups is 3. The predicted molar refractivity (Wildman–Crippen MR) is 325 cm³/mol. The number of unbranched alkanes of at least 4 members (excludes halogenated alkanes) is 33. The molecule has 0 heterocycles. The highest BCUT2D eigenvalue weighted by Crippen LogP contribution is 2.16. The smallest absolute Gasteiger partial charge is 0.306 e. The van der Waals surface area contributed by atoms with Crippen molar-refractivity contribution < 1.29 is 28.6 Å². The van der Waals surface area contributed by atoms with Gasteiger partial charge < -0.3 is 14.2 Å². The Morgan fingerprint density at radius 2 is 0.520 bits per heavy atom. The molecule has 0 aliphatic carbocycles. The van der Waals surface area contributed by atoms with Crippen LogP contribution in [0.15, 0.2) is 85.1 Å². The van der Waals surface area contributed by atoms with Crippen molar-refractivity contribution in [2.24, 2.45) is 0 Å². The summed E-state index contributed by atoms with van der Waals surface area (Å²) in [7, 11) is 0. The van der Waals surface area contributed by atoms with E-state index in [4.69, 9.17) is 14.2 Å². The lowest BCUT2D eigenvalue weighted by Gasteiger charge is -2.18. The Morgan fingerprint density at radius 1 is 0.280 bits per heavy atom. The maximum Gasteiger partial charge on any atom is 0.306 e. The van der Waals surface area contributed by atoms with Crippen LogP contribution in [0.2, 0.25) is 0 Å². The summed E-state index contributed by atoms with van der Waals surface area (Å²) >= 11 is 0. The van der Waals surface area contributed by atoms with Gasteiger partial charge in [-0.2, -0.15) is 0 Å². The minimum Gasteiger partial charge on any atom is -0.462 e. The molecule has 0 bridgehead atoms. The summed E-state index contributed by atoms with van der Waals surface area (Å²) in [4.78, 5) is 38.2. The van der Waals surface area contributed by atoms with E-state index in [1.165, 1.54) is 173 Å². The molecule has 0 radical (unpaired) electrons. The van der Waals surface area contributed by atoms with Crippen LogP contribution in [0.1, 0.15) is 316 Å². The number of allylic oxidation sites excluding steroid dienone is 14. The Hall–Kier alpha value is -3.41. The quantitative estimate of drug-likeness (QED) is 0.0261. The summed E-state index contributed by atoms with van der Waals surface area (Å²) in [6, 6.07) is 0. The highest BCUT2D eigenvalue weighted by atomic mass is 16.6. The minimum absolute atomic E-state index is 0.0774. The molecule has 0 aromatic heterocycles. The van der Waals surface area contributed by atoms with Crippen LogP contribution in [-0.2, 0) is 28.6 Å². The van der Waals surface area contributed by atoms with Crippen LogP contribution in [-0.4, -0.2) is 37.2 Å². The molecule has 0 rings (SSSR count). The van der Waals surface area contributed by atoms with E-state index in [2.05, 4.69) is 106 Å². The zero-order valence-corrected chi connectivity index (χ0v) is 49.6. The molecule has 0 saturated carbocycles. The van der Waals surface area contributed by atoms with E-state index in [9.17, 15) is 14.4 Å². The van der Waals surface area contributed by atoms with Crippen LogP contribution in [0.3, 0.4) is 0 Å². The van der Waals surface area contributed by atoms with Gasteiger partial charge in [-0.3, -0.25) is 14.4 Å². The fourth-order valence-electron chi connectivity index (χ4n) is 9.09. The lowest BCUT2D eigenvalue weighted by Crippen LogP contribution is -2.30. The molecule has 1 atom stereocenters. The van der Waals surface area contributed by atoms with Crippen molar-refractivity contribution in [1.82, 2.24) is 0 Å². The van der Waals surface area contributed by atoms with Gasteiger partial charge in [-0.05, 0) is 96.3 Å². The standard InChI is InChI=1S/C69H120O6/c1-4-7-10-13-16-19-21-23-25-27-29-31-33-34-36-37-39-41-43-45-47-50-53-56-59-62-68(71)74-65-66(64-73-67(70)61-58-55-52-49-18-15-12-9-6-3)75-69(72)63-60-57-54-51-48-46-44-42-40-38-35-32-30-28-26-24-22-20-17-14-11-8-5-2/h7,10,16,19,22-25,28-31,35,38,66H,4-6,8-9,11-15,17-18,20-21,26-27,32-34,36-37,39-65H2,1-3H3/b10-7-,19-16-,24-22-,25-23-,30-28-,31-29-,38-35-. The SMILES string of the molecule is CC/C=C\C/C=C\C/C=C\C/C=C\CCCCCCCCCCCCCCC(=O)OCC(COC(=O)CCCCCCCCCCC)OC(=O)CCCCCCCCCC/C=C\C/C=C\C/C=C\CCCCCCC. The van der Waals surface area contributed by atoms with E-state index in [1.807, 2.05) is 0 Å². The molecule has 6 nitrogen and oxygen atoms in total. The predicted octanol–water partition coefficient (Wildman–Crippen LogP) is 21.9. The molecule has 0 N–H and O–H groups in total. The first kappa shape index (κ1) is 71.6. The number of carbonyl (C=O) groups excluding carboxylic acids is 3. The maximum absolute atomic E-state index is 12.9. The molecule has 6 heteroatoms. The first-order valence-corrected chi connectivity index (χ1v) is 32.1. The maximum atomic E-state index is 12.9. The largest absolute Gasteiger partial charge is 0.462 e. The number of hydrogen-bond acceptors (Lipinski definition) is 6. The number of ether oxygens (including phenoxy) is 3. The molecule has 1 unspecified atom stereocenters. The van der Waals surface area contributed by atoms with Gasteiger partial charge in [0.2, 0.25) is 0 Å². The third kappa shape index (κ3) is 61.3. The van der Waals surface area contributed by atoms with Crippen LogP contribution < -0.4 is 0 Å². The van der Waals surface area contributed by atoms with E-state index in [0.717, 1.165) is 103 Å². The topological polar surface area (TPSA) is 78.9 Å². The van der Waals surface area contributed by atoms with Crippen LogP contribution in [0.5, 0.6) is 0 Å². The Bertz CT molecular complexity index is 1430. The van der Waals surface area contributed by atoms with Crippen molar-refractivity contribution >= 4 is 17.9 Å². The van der Waals surface area contributed by atoms with Crippen LogP contribution >= 0.6 is 0 Å². The summed E-state index contributed by atoms with van der Waals surface area (Å²) in [5.41, 5.74) is 0. The Morgan fingerprint density at radius 3 is 0.813 bits per heavy atom. The van der Waals surface area contributed by atoms with E-state index in [0.29, 0.717) is 19.3 Å². The Labute approximate surface area is 465 Å². The second-order valence-electron chi connectivity index (χ2n) is 21.3. The first-order chi connectivity index (χ1) is 37.0. The van der Waals surface area contributed by atoms with Gasteiger partial charge in [0.15, 0.2) is 6.10 Å². The molecule has 0 aliphatic rings. The minimum atomic E-state index is -0.780. The Kier molecular flexibility index (Phi) is 60.3. The summed E-state index contributed by atoms with van der Waals surface area (Å²) in [5.74, 6) is -0.878. The van der Waals surface area contributed by atoms with Gasteiger partial charge in [-0.15, -0.1) is 0 Å².